The number of hydrogen-bond donors (Lipinski definition) is 7. The van der Waals surface area contributed by atoms with E-state index >= 15 is 0 Å². The molecule has 14 heteroatoms. The molecule has 0 spiro atoms. The van der Waals surface area contributed by atoms with Gasteiger partial charge in [0, 0.05) is 0 Å². The third-order valence-electron chi connectivity index (χ3n) is 10.8. The topological polar surface area (TPSA) is 212 Å². The molecular formula is C44H83NO12S. The summed E-state index contributed by atoms with van der Waals surface area (Å²) in [5.74, 6) is -0.712. The van der Waals surface area contributed by atoms with Crippen LogP contribution in [0.15, 0.2) is 24.3 Å². The number of rotatable bonds is 38. The van der Waals surface area contributed by atoms with E-state index in [-0.39, 0.29) is 6.42 Å². The van der Waals surface area contributed by atoms with Gasteiger partial charge in [0.05, 0.1) is 25.4 Å². The van der Waals surface area contributed by atoms with Crippen molar-refractivity contribution in [3.8, 4) is 0 Å². The van der Waals surface area contributed by atoms with Crippen LogP contribution < -0.4 is 5.32 Å². The Morgan fingerprint density at radius 2 is 1.16 bits per heavy atom. The highest BCUT2D eigenvalue weighted by Crippen LogP contribution is 2.26. The van der Waals surface area contributed by atoms with E-state index in [4.69, 9.17) is 14.0 Å². The molecule has 0 aliphatic carbocycles. The van der Waals surface area contributed by atoms with Crippen molar-refractivity contribution >= 4 is 16.3 Å². The third kappa shape index (κ3) is 27.4. The van der Waals surface area contributed by atoms with E-state index in [2.05, 4.69) is 35.5 Å². The second kappa shape index (κ2) is 35.2. The second-order valence-electron chi connectivity index (χ2n) is 16.1. The second-order valence-corrected chi connectivity index (χ2v) is 17.2. The smallest absolute Gasteiger partial charge is 0.394 e. The van der Waals surface area contributed by atoms with E-state index in [0.717, 1.165) is 38.5 Å². The lowest BCUT2D eigenvalue weighted by Crippen LogP contribution is -2.61. The van der Waals surface area contributed by atoms with E-state index in [1.165, 1.54) is 122 Å². The van der Waals surface area contributed by atoms with Gasteiger partial charge >= 0.3 is 10.4 Å². The maximum atomic E-state index is 13.1. The fourth-order valence-electron chi connectivity index (χ4n) is 7.18. The van der Waals surface area contributed by atoms with Crippen molar-refractivity contribution in [2.24, 2.45) is 0 Å². The highest BCUT2D eigenvalue weighted by molar-refractivity contribution is 7.80. The van der Waals surface area contributed by atoms with Gasteiger partial charge in [0.2, 0.25) is 5.91 Å². The molecule has 1 fully saturated rings. The number of carbonyl (C=O) groups is 1. The number of nitrogens with one attached hydrogen (secondary N) is 1. The molecule has 342 valence electrons. The lowest BCUT2D eigenvalue weighted by atomic mass is 9.99. The number of unbranched alkanes of at least 4 members (excludes halogenated alkanes) is 23. The molecular weight excluding hydrogens is 767 g/mol. The van der Waals surface area contributed by atoms with Gasteiger partial charge in [-0.1, -0.05) is 179 Å². The van der Waals surface area contributed by atoms with E-state index < -0.39 is 78.5 Å². The summed E-state index contributed by atoms with van der Waals surface area (Å²) in [4.78, 5) is 13.1. The molecule has 1 heterocycles. The lowest BCUT2D eigenvalue weighted by molar-refractivity contribution is -0.298. The average Bonchev–Trinajstić information content (AvgIpc) is 3.19. The maximum absolute atomic E-state index is 13.1. The van der Waals surface area contributed by atoms with Crippen molar-refractivity contribution in [3.05, 3.63) is 24.3 Å². The third-order valence-corrected chi connectivity index (χ3v) is 11.3. The first-order valence-corrected chi connectivity index (χ1v) is 24.2. The minimum atomic E-state index is -5.12. The largest absolute Gasteiger partial charge is 0.397 e. The van der Waals surface area contributed by atoms with Crippen LogP contribution in [0.1, 0.15) is 187 Å². The Bertz CT molecular complexity index is 1160. The predicted molar refractivity (Wildman–Crippen MR) is 228 cm³/mol. The summed E-state index contributed by atoms with van der Waals surface area (Å²) in [6.07, 6.45) is 27.0. The Kier molecular flexibility index (Phi) is 33.1. The molecule has 58 heavy (non-hydrogen) atoms. The minimum Gasteiger partial charge on any atom is -0.394 e. The van der Waals surface area contributed by atoms with Crippen LogP contribution >= 0.6 is 0 Å². The molecule has 0 saturated carbocycles. The van der Waals surface area contributed by atoms with Gasteiger partial charge in [-0.3, -0.25) is 9.35 Å². The number of aliphatic hydroxyl groups is 5. The van der Waals surface area contributed by atoms with Gasteiger partial charge in [0.15, 0.2) is 6.29 Å². The van der Waals surface area contributed by atoms with Gasteiger partial charge in [-0.05, 0) is 32.1 Å². The molecule has 8 unspecified atom stereocenters. The molecule has 0 aromatic heterocycles. The predicted octanol–water partition coefficient (Wildman–Crippen LogP) is 7.52. The van der Waals surface area contributed by atoms with Crippen LogP contribution in [0.25, 0.3) is 0 Å². The van der Waals surface area contributed by atoms with Gasteiger partial charge < -0.3 is 40.3 Å². The van der Waals surface area contributed by atoms with Crippen LogP contribution in [-0.2, 0) is 28.9 Å². The first-order valence-electron chi connectivity index (χ1n) is 22.8. The van der Waals surface area contributed by atoms with E-state index in [1.807, 2.05) is 0 Å². The van der Waals surface area contributed by atoms with Gasteiger partial charge in [-0.15, -0.1) is 0 Å². The quantitative estimate of drug-likeness (QED) is 0.0183. The number of carbonyl (C=O) groups excluding carboxylic acids is 1. The average molecular weight is 850 g/mol. The molecule has 1 amide bonds. The van der Waals surface area contributed by atoms with Crippen molar-refractivity contribution < 1.29 is 57.0 Å². The van der Waals surface area contributed by atoms with E-state index in [0.29, 0.717) is 12.8 Å². The van der Waals surface area contributed by atoms with Gasteiger partial charge in [0.1, 0.15) is 30.5 Å². The number of allylic oxidation sites excluding steroid dienone is 3. The Morgan fingerprint density at radius 1 is 0.690 bits per heavy atom. The molecule has 8 atom stereocenters. The van der Waals surface area contributed by atoms with Crippen LogP contribution in [0.4, 0.5) is 0 Å². The monoisotopic (exact) mass is 850 g/mol. The van der Waals surface area contributed by atoms with E-state index in [1.54, 1.807) is 6.08 Å². The zero-order valence-corrected chi connectivity index (χ0v) is 36.8. The lowest BCUT2D eigenvalue weighted by Gasteiger charge is -2.41. The minimum absolute atomic E-state index is 0.240. The highest BCUT2D eigenvalue weighted by Gasteiger charge is 2.48. The summed E-state index contributed by atoms with van der Waals surface area (Å²) in [7, 11) is -5.12. The summed E-state index contributed by atoms with van der Waals surface area (Å²) in [6.45, 7) is 3.17. The van der Waals surface area contributed by atoms with Crippen LogP contribution in [0.5, 0.6) is 0 Å². The van der Waals surface area contributed by atoms with E-state index in [9.17, 15) is 38.7 Å². The van der Waals surface area contributed by atoms with Crippen molar-refractivity contribution in [1.82, 2.24) is 5.32 Å². The standard InChI is InChI=1S/C44H83NO12S/c1-3-5-7-9-11-13-15-16-17-18-19-20-21-23-25-27-29-31-33-38(48)43(51)45-36(37(47)32-30-28-26-24-22-14-12-10-8-6-4-2)35-55-44-41(50)42(57-58(52,53)54)40(49)39(34-46)56-44/h22,24,30,32,36-42,44,46-50H,3-21,23,25-29,31,33-35H2,1-2H3,(H,45,51)(H,52,53,54)/b24-22+,32-30+. The molecule has 7 N–H and O–H groups in total. The fraction of sp³-hybridized carbons (Fsp3) is 0.886. The first kappa shape index (κ1) is 54.6. The molecule has 0 aromatic carbocycles. The molecule has 1 saturated heterocycles. The molecule has 13 nitrogen and oxygen atoms in total. The van der Waals surface area contributed by atoms with Crippen LogP contribution in [0, 0.1) is 0 Å². The van der Waals surface area contributed by atoms with Gasteiger partial charge in [-0.25, -0.2) is 4.18 Å². The van der Waals surface area contributed by atoms with Gasteiger partial charge in [0.25, 0.3) is 0 Å². The summed E-state index contributed by atoms with van der Waals surface area (Å²) in [5, 5.41) is 55.0. The zero-order chi connectivity index (χ0) is 42.9. The molecule has 1 aliphatic heterocycles. The Labute approximate surface area is 351 Å². The van der Waals surface area contributed by atoms with Crippen LogP contribution in [-0.4, -0.2) is 107 Å². The number of ether oxygens (including phenoxy) is 2. The summed E-state index contributed by atoms with van der Waals surface area (Å²) < 4.78 is 47.4. The SMILES string of the molecule is CCCCCCC/C=C/CC/C=C/C(O)C(COC1OC(CO)C(O)C(OS(=O)(=O)O)C1O)NC(=O)C(O)CCCCCCCCCCCCCCCCCCCC. The molecule has 1 rings (SSSR count). The van der Waals surface area contributed by atoms with Crippen molar-refractivity contribution in [3.63, 3.8) is 0 Å². The Morgan fingerprint density at radius 3 is 1.66 bits per heavy atom. The first-order chi connectivity index (χ1) is 27.9. The Balaban J connectivity index is 2.56. The summed E-state index contributed by atoms with van der Waals surface area (Å²) in [5.41, 5.74) is 0. The molecule has 0 bridgehead atoms. The summed E-state index contributed by atoms with van der Waals surface area (Å²) in [6, 6.07) is -1.13. The molecule has 1 aliphatic rings. The number of amides is 1. The molecule has 0 aromatic rings. The highest BCUT2D eigenvalue weighted by atomic mass is 32.3. The van der Waals surface area contributed by atoms with Crippen molar-refractivity contribution in [1.29, 1.82) is 0 Å². The van der Waals surface area contributed by atoms with Gasteiger partial charge in [-0.2, -0.15) is 8.42 Å². The fourth-order valence-corrected chi connectivity index (χ4v) is 7.69. The van der Waals surface area contributed by atoms with Crippen molar-refractivity contribution in [2.45, 2.75) is 236 Å². The summed E-state index contributed by atoms with van der Waals surface area (Å²) >= 11 is 0. The normalized spacial score (nSPS) is 21.8. The maximum Gasteiger partial charge on any atom is 0.397 e. The Hall–Kier alpha value is -1.46. The van der Waals surface area contributed by atoms with Crippen LogP contribution in [0.3, 0.4) is 0 Å². The number of hydrogen-bond acceptors (Lipinski definition) is 11. The van der Waals surface area contributed by atoms with Crippen LogP contribution in [0.2, 0.25) is 0 Å². The molecule has 0 radical (unpaired) electrons. The zero-order valence-electron chi connectivity index (χ0n) is 36.0. The number of aliphatic hydroxyl groups excluding tert-OH is 5. The van der Waals surface area contributed by atoms with Crippen molar-refractivity contribution in [2.75, 3.05) is 13.2 Å².